The van der Waals surface area contributed by atoms with Crippen molar-refractivity contribution in [2.75, 3.05) is 11.9 Å². The molecule has 0 bridgehead atoms. The van der Waals surface area contributed by atoms with Crippen molar-refractivity contribution in [3.05, 3.63) is 53.1 Å². The lowest BCUT2D eigenvalue weighted by atomic mass is 9.87. The molecule has 0 saturated carbocycles. The van der Waals surface area contributed by atoms with Crippen molar-refractivity contribution < 1.29 is 14.6 Å². The van der Waals surface area contributed by atoms with Gasteiger partial charge < -0.3 is 15.2 Å². The monoisotopic (exact) mass is 386 g/mol. The molecule has 5 nitrogen and oxygen atoms in total. The lowest BCUT2D eigenvalue weighted by Crippen LogP contribution is -2.37. The Kier molecular flexibility index (Phi) is 6.44. The highest BCUT2D eigenvalue weighted by molar-refractivity contribution is 7.80. The molecule has 2 aromatic carbocycles. The molecule has 0 fully saturated rings. The molecule has 0 aromatic heterocycles. The molecular weight excluding hydrogens is 360 g/mol. The quantitative estimate of drug-likeness (QED) is 0.543. The van der Waals surface area contributed by atoms with Crippen LogP contribution in [0.5, 0.6) is 11.5 Å². The number of carbonyl (C=O) groups excluding carboxylic acids is 1. The van der Waals surface area contributed by atoms with Crippen LogP contribution < -0.4 is 15.4 Å². The van der Waals surface area contributed by atoms with Gasteiger partial charge in [0.2, 0.25) is 0 Å². The molecule has 0 aliphatic heterocycles. The zero-order valence-electron chi connectivity index (χ0n) is 16.3. The van der Waals surface area contributed by atoms with Crippen LogP contribution in [0.15, 0.2) is 36.4 Å². The molecule has 0 aliphatic rings. The van der Waals surface area contributed by atoms with E-state index in [0.717, 1.165) is 16.7 Å². The summed E-state index contributed by atoms with van der Waals surface area (Å²) in [4.78, 5) is 12.1. The van der Waals surface area contributed by atoms with Gasteiger partial charge in [-0.05, 0) is 60.8 Å². The molecule has 0 heterocycles. The number of amides is 1. The van der Waals surface area contributed by atoms with Gasteiger partial charge in [-0.25, -0.2) is 0 Å². The molecule has 2 rings (SSSR count). The van der Waals surface area contributed by atoms with Crippen LogP contribution in [-0.2, 0) is 10.2 Å². The van der Waals surface area contributed by atoms with Crippen molar-refractivity contribution in [3.8, 4) is 11.5 Å². The fraction of sp³-hybridized carbons (Fsp3) is 0.333. The minimum Gasteiger partial charge on any atom is -0.506 e. The Morgan fingerprint density at radius 1 is 1.15 bits per heavy atom. The number of aryl methyl sites for hydroxylation is 2. The van der Waals surface area contributed by atoms with E-state index >= 15 is 0 Å². The Morgan fingerprint density at radius 3 is 2.48 bits per heavy atom. The smallest absolute Gasteiger partial charge is 0.264 e. The predicted octanol–water partition coefficient (Wildman–Crippen LogP) is 4.20. The van der Waals surface area contributed by atoms with Crippen molar-refractivity contribution in [2.24, 2.45) is 0 Å². The number of hydrogen-bond donors (Lipinski definition) is 3. The first-order chi connectivity index (χ1) is 12.6. The molecule has 3 N–H and O–H groups in total. The highest BCUT2D eigenvalue weighted by atomic mass is 32.1. The largest absolute Gasteiger partial charge is 0.506 e. The number of thiocarbonyl (C=S) groups is 1. The molecule has 1 amide bonds. The highest BCUT2D eigenvalue weighted by Crippen LogP contribution is 2.30. The van der Waals surface area contributed by atoms with Gasteiger partial charge in [0.15, 0.2) is 11.7 Å². The minimum absolute atomic E-state index is 0.0612. The van der Waals surface area contributed by atoms with E-state index in [1.165, 1.54) is 0 Å². The number of ether oxygens (including phenoxy) is 1. The number of aromatic hydroxyl groups is 1. The van der Waals surface area contributed by atoms with Crippen LogP contribution in [-0.4, -0.2) is 22.7 Å². The van der Waals surface area contributed by atoms with Gasteiger partial charge >= 0.3 is 0 Å². The Morgan fingerprint density at radius 2 is 1.85 bits per heavy atom. The SMILES string of the molecule is Cc1ccc(OCC(=O)NC(=S)Nc2cc(C(C)(C)C)ccc2O)c(C)c1. The van der Waals surface area contributed by atoms with E-state index in [0.29, 0.717) is 11.4 Å². The maximum Gasteiger partial charge on any atom is 0.264 e. The molecule has 0 atom stereocenters. The van der Waals surface area contributed by atoms with Crippen LogP contribution in [0.1, 0.15) is 37.5 Å². The van der Waals surface area contributed by atoms with Crippen LogP contribution in [0.2, 0.25) is 0 Å². The molecule has 27 heavy (non-hydrogen) atoms. The van der Waals surface area contributed by atoms with Gasteiger partial charge in [-0.2, -0.15) is 0 Å². The van der Waals surface area contributed by atoms with Gasteiger partial charge in [0.1, 0.15) is 11.5 Å². The van der Waals surface area contributed by atoms with Crippen molar-refractivity contribution in [1.82, 2.24) is 5.32 Å². The third kappa shape index (κ3) is 5.96. The van der Waals surface area contributed by atoms with E-state index in [4.69, 9.17) is 17.0 Å². The summed E-state index contributed by atoms with van der Waals surface area (Å²) in [7, 11) is 0. The van der Waals surface area contributed by atoms with Crippen LogP contribution in [0.25, 0.3) is 0 Å². The fourth-order valence-corrected chi connectivity index (χ4v) is 2.75. The van der Waals surface area contributed by atoms with Gasteiger partial charge in [0.25, 0.3) is 5.91 Å². The maximum atomic E-state index is 12.1. The van der Waals surface area contributed by atoms with E-state index in [2.05, 4.69) is 31.4 Å². The summed E-state index contributed by atoms with van der Waals surface area (Å²) in [5.41, 5.74) is 3.51. The highest BCUT2D eigenvalue weighted by Gasteiger charge is 2.16. The molecule has 0 saturated heterocycles. The van der Waals surface area contributed by atoms with Crippen LogP contribution in [0.3, 0.4) is 0 Å². The van der Waals surface area contributed by atoms with Crippen molar-refractivity contribution in [2.45, 2.75) is 40.0 Å². The first-order valence-electron chi connectivity index (χ1n) is 8.70. The molecule has 0 unspecified atom stereocenters. The Bertz CT molecular complexity index is 857. The minimum atomic E-state index is -0.376. The average molecular weight is 387 g/mol. The first kappa shape index (κ1) is 20.7. The van der Waals surface area contributed by atoms with E-state index in [1.807, 2.05) is 44.2 Å². The Hall–Kier alpha value is -2.60. The van der Waals surface area contributed by atoms with E-state index in [1.54, 1.807) is 6.07 Å². The van der Waals surface area contributed by atoms with E-state index in [9.17, 15) is 9.90 Å². The van der Waals surface area contributed by atoms with Crippen LogP contribution in [0.4, 0.5) is 5.69 Å². The Labute approximate surface area is 165 Å². The fourth-order valence-electron chi connectivity index (χ4n) is 2.52. The van der Waals surface area contributed by atoms with Crippen molar-refractivity contribution in [3.63, 3.8) is 0 Å². The zero-order valence-corrected chi connectivity index (χ0v) is 17.2. The summed E-state index contributed by atoms with van der Waals surface area (Å²) in [5.74, 6) is 0.343. The molecule has 0 radical (unpaired) electrons. The number of phenols is 1. The summed E-state index contributed by atoms with van der Waals surface area (Å²) >= 11 is 5.17. The molecule has 0 aliphatic carbocycles. The third-order valence-corrected chi connectivity index (χ3v) is 4.26. The lowest BCUT2D eigenvalue weighted by Gasteiger charge is -2.21. The standard InChI is InChI=1S/C21H26N2O3S/c1-13-6-9-18(14(2)10-13)26-12-19(25)23-20(27)22-16-11-15(21(3,4)5)7-8-17(16)24/h6-11,24H,12H2,1-5H3,(H2,22,23,25,27). The van der Waals surface area contributed by atoms with Crippen LogP contribution in [0, 0.1) is 13.8 Å². The summed E-state index contributed by atoms with van der Waals surface area (Å²) in [6, 6.07) is 11.0. The summed E-state index contributed by atoms with van der Waals surface area (Å²) in [6.45, 7) is 10.0. The lowest BCUT2D eigenvalue weighted by molar-refractivity contribution is -0.121. The summed E-state index contributed by atoms with van der Waals surface area (Å²) in [6.07, 6.45) is 0. The van der Waals surface area contributed by atoms with Gasteiger partial charge in [0, 0.05) is 0 Å². The maximum absolute atomic E-state index is 12.1. The van der Waals surface area contributed by atoms with Crippen molar-refractivity contribution >= 4 is 28.9 Å². The number of hydrogen-bond acceptors (Lipinski definition) is 4. The number of rotatable bonds is 4. The normalized spacial score (nSPS) is 11.0. The zero-order chi connectivity index (χ0) is 20.2. The van der Waals surface area contributed by atoms with Gasteiger partial charge in [0.05, 0.1) is 5.69 Å². The molecule has 6 heteroatoms. The van der Waals surface area contributed by atoms with E-state index < -0.39 is 0 Å². The molecule has 2 aromatic rings. The summed E-state index contributed by atoms with van der Waals surface area (Å²) in [5, 5.41) is 15.6. The topological polar surface area (TPSA) is 70.6 Å². The average Bonchev–Trinajstić information content (AvgIpc) is 2.55. The second-order valence-electron chi connectivity index (χ2n) is 7.54. The van der Waals surface area contributed by atoms with Gasteiger partial charge in [-0.1, -0.05) is 44.5 Å². The third-order valence-electron chi connectivity index (χ3n) is 4.05. The van der Waals surface area contributed by atoms with Gasteiger partial charge in [-0.3, -0.25) is 10.1 Å². The number of nitrogens with one attached hydrogen (secondary N) is 2. The number of benzene rings is 2. The Balaban J connectivity index is 1.94. The molecule has 0 spiro atoms. The second kappa shape index (κ2) is 8.39. The van der Waals surface area contributed by atoms with Crippen LogP contribution >= 0.6 is 12.2 Å². The molecular formula is C21H26N2O3S. The first-order valence-corrected chi connectivity index (χ1v) is 9.11. The second-order valence-corrected chi connectivity index (χ2v) is 7.95. The number of carbonyl (C=O) groups is 1. The number of anilines is 1. The van der Waals surface area contributed by atoms with Crippen molar-refractivity contribution in [1.29, 1.82) is 0 Å². The number of phenolic OH excluding ortho intramolecular Hbond substituents is 1. The van der Waals surface area contributed by atoms with Gasteiger partial charge in [-0.15, -0.1) is 0 Å². The van der Waals surface area contributed by atoms with E-state index in [-0.39, 0.29) is 28.8 Å². The summed E-state index contributed by atoms with van der Waals surface area (Å²) < 4.78 is 5.54. The predicted molar refractivity (Wildman–Crippen MR) is 113 cm³/mol. The molecule has 144 valence electrons.